The number of rotatable bonds is 9. The van der Waals surface area contributed by atoms with Gasteiger partial charge in [0.15, 0.2) is 11.5 Å². The number of anilines is 1. The highest BCUT2D eigenvalue weighted by Crippen LogP contribution is 2.40. The molecular weight excluding hydrogens is 372 g/mol. The van der Waals surface area contributed by atoms with E-state index < -0.39 is 0 Å². The van der Waals surface area contributed by atoms with Gasteiger partial charge in [-0.25, -0.2) is 4.68 Å². The molecule has 2 N–H and O–H groups in total. The number of hydrogen-bond donors (Lipinski definition) is 2. The molecule has 8 nitrogen and oxygen atoms in total. The molecule has 0 spiro atoms. The molecule has 9 heteroatoms. The molecule has 1 aromatic heterocycles. The normalized spacial score (nSPS) is 11.3. The first-order chi connectivity index (χ1) is 12.5. The maximum absolute atomic E-state index is 12.3. The number of ether oxygens (including phenoxy) is 3. The lowest BCUT2D eigenvalue weighted by Gasteiger charge is -2.17. The molecule has 0 fully saturated rings. The number of halogens is 1. The second-order valence-electron chi connectivity index (χ2n) is 5.82. The molecule has 0 aliphatic rings. The molecule has 0 saturated heterocycles. The van der Waals surface area contributed by atoms with Crippen molar-refractivity contribution in [1.82, 2.24) is 15.1 Å². The Morgan fingerprint density at radius 1 is 1.15 bits per heavy atom. The minimum Gasteiger partial charge on any atom is -0.493 e. The third-order valence-electron chi connectivity index (χ3n) is 4.03. The van der Waals surface area contributed by atoms with Crippen molar-refractivity contribution in [3.05, 3.63) is 30.0 Å². The molecule has 0 saturated carbocycles. The first kappa shape index (κ1) is 22.6. The maximum Gasteiger partial charge on any atom is 0.229 e. The fraction of sp³-hybridized carbons (Fsp3) is 0.444. The summed E-state index contributed by atoms with van der Waals surface area (Å²) in [6, 6.07) is 5.46. The fourth-order valence-corrected chi connectivity index (χ4v) is 2.66. The van der Waals surface area contributed by atoms with Crippen molar-refractivity contribution >= 4 is 24.1 Å². The van der Waals surface area contributed by atoms with E-state index in [9.17, 15) is 4.79 Å². The van der Waals surface area contributed by atoms with Crippen molar-refractivity contribution in [2.45, 2.75) is 13.5 Å². The maximum atomic E-state index is 12.3. The molecular formula is C18H27ClN4O4. The van der Waals surface area contributed by atoms with E-state index in [1.165, 1.54) is 0 Å². The zero-order chi connectivity index (χ0) is 19.1. The van der Waals surface area contributed by atoms with E-state index in [1.807, 2.05) is 26.1 Å². The Labute approximate surface area is 165 Å². The summed E-state index contributed by atoms with van der Waals surface area (Å²) in [6.45, 7) is 2.87. The van der Waals surface area contributed by atoms with Gasteiger partial charge in [0.2, 0.25) is 11.7 Å². The van der Waals surface area contributed by atoms with Crippen LogP contribution in [0.25, 0.3) is 0 Å². The largest absolute Gasteiger partial charge is 0.493 e. The van der Waals surface area contributed by atoms with Gasteiger partial charge in [0, 0.05) is 24.1 Å². The number of carbonyl (C=O) groups excluding carboxylic acids is 1. The average molecular weight is 399 g/mol. The van der Waals surface area contributed by atoms with Gasteiger partial charge in [-0.3, -0.25) is 4.79 Å². The number of carbonyl (C=O) groups is 1. The molecule has 2 aromatic rings. The van der Waals surface area contributed by atoms with Gasteiger partial charge in [-0.05, 0) is 19.2 Å². The molecule has 1 heterocycles. The zero-order valence-electron chi connectivity index (χ0n) is 16.2. The molecule has 0 radical (unpaired) electrons. The second kappa shape index (κ2) is 10.6. The van der Waals surface area contributed by atoms with E-state index in [2.05, 4.69) is 15.7 Å². The van der Waals surface area contributed by atoms with Crippen LogP contribution in [0.1, 0.15) is 12.5 Å². The molecule has 27 heavy (non-hydrogen) atoms. The van der Waals surface area contributed by atoms with Crippen LogP contribution in [0.4, 0.5) is 5.82 Å². The first-order valence-corrected chi connectivity index (χ1v) is 8.30. The van der Waals surface area contributed by atoms with Crippen molar-refractivity contribution in [3.63, 3.8) is 0 Å². The number of nitrogens with one attached hydrogen (secondary N) is 2. The minimum absolute atomic E-state index is 0. The Morgan fingerprint density at radius 2 is 1.85 bits per heavy atom. The summed E-state index contributed by atoms with van der Waals surface area (Å²) in [6.07, 6.45) is 1.64. The Hall–Kier alpha value is -2.45. The number of methoxy groups -OCH3 is 3. The van der Waals surface area contributed by atoms with Gasteiger partial charge < -0.3 is 24.8 Å². The van der Waals surface area contributed by atoms with Crippen LogP contribution >= 0.6 is 12.4 Å². The zero-order valence-corrected chi connectivity index (χ0v) is 17.1. The highest BCUT2D eigenvalue weighted by molar-refractivity contribution is 5.91. The summed E-state index contributed by atoms with van der Waals surface area (Å²) in [5, 5.41) is 10.2. The van der Waals surface area contributed by atoms with E-state index in [0.29, 0.717) is 36.2 Å². The smallest absolute Gasteiger partial charge is 0.229 e. The summed E-state index contributed by atoms with van der Waals surface area (Å²) < 4.78 is 17.9. The van der Waals surface area contributed by atoms with E-state index in [0.717, 1.165) is 5.56 Å². The Morgan fingerprint density at radius 3 is 2.44 bits per heavy atom. The van der Waals surface area contributed by atoms with Gasteiger partial charge in [-0.1, -0.05) is 6.92 Å². The molecule has 1 aromatic carbocycles. The van der Waals surface area contributed by atoms with Gasteiger partial charge >= 0.3 is 0 Å². The van der Waals surface area contributed by atoms with Crippen molar-refractivity contribution < 1.29 is 19.0 Å². The number of amides is 1. The van der Waals surface area contributed by atoms with Crippen LogP contribution in [0.5, 0.6) is 17.2 Å². The molecule has 2 rings (SSSR count). The summed E-state index contributed by atoms with van der Waals surface area (Å²) in [4.78, 5) is 12.3. The number of hydrogen-bond acceptors (Lipinski definition) is 6. The number of aromatic nitrogens is 2. The van der Waals surface area contributed by atoms with E-state index >= 15 is 0 Å². The van der Waals surface area contributed by atoms with Crippen molar-refractivity contribution in [1.29, 1.82) is 0 Å². The average Bonchev–Trinajstić information content (AvgIpc) is 3.07. The standard InChI is InChI=1S/C18H26N4O4.ClH/c1-12(10-19-2)18(23)21-15-8-9-20-22(15)11-13-6-7-14(24-3)17(26-5)16(13)25-4;/h6-9,12,19H,10-11H2,1-5H3,(H,21,23);1H. The second-order valence-corrected chi connectivity index (χ2v) is 5.82. The van der Waals surface area contributed by atoms with Crippen LogP contribution in [0, 0.1) is 5.92 Å². The van der Waals surface area contributed by atoms with Crippen LogP contribution < -0.4 is 24.8 Å². The Kier molecular flexibility index (Phi) is 8.90. The minimum atomic E-state index is -0.154. The summed E-state index contributed by atoms with van der Waals surface area (Å²) in [5.74, 6) is 2.08. The SMILES string of the molecule is CNCC(C)C(=O)Nc1ccnn1Cc1ccc(OC)c(OC)c1OC.Cl. The van der Waals surface area contributed by atoms with Crippen molar-refractivity contribution in [3.8, 4) is 17.2 Å². The van der Waals surface area contributed by atoms with E-state index in [4.69, 9.17) is 14.2 Å². The van der Waals surface area contributed by atoms with Crippen LogP contribution in [-0.2, 0) is 11.3 Å². The van der Waals surface area contributed by atoms with Crippen LogP contribution in [-0.4, -0.2) is 50.6 Å². The number of nitrogens with zero attached hydrogens (tertiary/aromatic N) is 2. The van der Waals surface area contributed by atoms with E-state index in [1.54, 1.807) is 38.3 Å². The topological polar surface area (TPSA) is 86.6 Å². The summed E-state index contributed by atoms with van der Waals surface area (Å²) >= 11 is 0. The summed E-state index contributed by atoms with van der Waals surface area (Å²) in [5.41, 5.74) is 0.854. The lowest BCUT2D eigenvalue weighted by Crippen LogP contribution is -2.29. The summed E-state index contributed by atoms with van der Waals surface area (Å²) in [7, 11) is 6.53. The fourth-order valence-electron chi connectivity index (χ4n) is 2.66. The van der Waals surface area contributed by atoms with Crippen molar-refractivity contribution in [2.24, 2.45) is 5.92 Å². The monoisotopic (exact) mass is 398 g/mol. The molecule has 1 unspecified atom stereocenters. The number of benzene rings is 1. The van der Waals surface area contributed by atoms with E-state index in [-0.39, 0.29) is 24.2 Å². The van der Waals surface area contributed by atoms with Gasteiger partial charge in [-0.15, -0.1) is 12.4 Å². The Bertz CT molecular complexity index is 751. The van der Waals surface area contributed by atoms with Crippen LogP contribution in [0.15, 0.2) is 24.4 Å². The molecule has 1 amide bonds. The van der Waals surface area contributed by atoms with Gasteiger partial charge in [0.1, 0.15) is 5.82 Å². The lowest BCUT2D eigenvalue weighted by atomic mass is 10.1. The molecule has 150 valence electrons. The van der Waals surface area contributed by atoms with Crippen molar-refractivity contribution in [2.75, 3.05) is 40.2 Å². The molecule has 0 aliphatic heterocycles. The van der Waals surface area contributed by atoms with Crippen LogP contribution in [0.2, 0.25) is 0 Å². The molecule has 0 bridgehead atoms. The van der Waals surface area contributed by atoms with Gasteiger partial charge in [0.05, 0.1) is 34.1 Å². The third-order valence-corrected chi connectivity index (χ3v) is 4.03. The highest BCUT2D eigenvalue weighted by atomic mass is 35.5. The molecule has 0 aliphatic carbocycles. The quantitative estimate of drug-likeness (QED) is 0.673. The van der Waals surface area contributed by atoms with Gasteiger partial charge in [-0.2, -0.15) is 5.10 Å². The predicted octanol–water partition coefficient (Wildman–Crippen LogP) is 2.17. The first-order valence-electron chi connectivity index (χ1n) is 8.30. The van der Waals surface area contributed by atoms with Gasteiger partial charge in [0.25, 0.3) is 0 Å². The highest BCUT2D eigenvalue weighted by Gasteiger charge is 2.18. The third kappa shape index (κ3) is 5.27. The van der Waals surface area contributed by atoms with Crippen LogP contribution in [0.3, 0.4) is 0 Å². The molecule has 1 atom stereocenters. The predicted molar refractivity (Wildman–Crippen MR) is 106 cm³/mol. The Balaban J connectivity index is 0.00000364. The lowest BCUT2D eigenvalue weighted by molar-refractivity contribution is -0.119.